The third-order valence-electron chi connectivity index (χ3n) is 1.64. The first-order chi connectivity index (χ1) is 5.77. The third kappa shape index (κ3) is 2.27. The second-order valence-corrected chi connectivity index (χ2v) is 3.73. The molecule has 0 radical (unpaired) electrons. The molecule has 3 nitrogen and oxygen atoms in total. The highest BCUT2D eigenvalue weighted by Gasteiger charge is 2.04. The molecular formula is C8H14N2OS. The van der Waals surface area contributed by atoms with E-state index in [1.54, 1.807) is 18.4 Å². The fourth-order valence-electron chi connectivity index (χ4n) is 0.974. The lowest BCUT2D eigenvalue weighted by atomic mass is 10.4. The van der Waals surface area contributed by atoms with Gasteiger partial charge in [0, 0.05) is 25.0 Å². The molecule has 0 aliphatic heterocycles. The Hall–Kier alpha value is -0.450. The largest absolute Gasteiger partial charge is 0.384 e. The van der Waals surface area contributed by atoms with Crippen LogP contribution < -0.4 is 5.73 Å². The first kappa shape index (κ1) is 9.64. The molecule has 0 atom stereocenters. The van der Waals surface area contributed by atoms with Gasteiger partial charge in [-0.2, -0.15) is 0 Å². The number of nitrogens with two attached hydrogens (primary N) is 1. The quantitative estimate of drug-likeness (QED) is 0.766. The van der Waals surface area contributed by atoms with Gasteiger partial charge in [0.2, 0.25) is 0 Å². The number of aryl methyl sites for hydroxylation is 1. The molecule has 0 spiro atoms. The maximum absolute atomic E-state index is 5.53. The molecule has 0 amide bonds. The molecule has 0 aliphatic rings. The molecule has 12 heavy (non-hydrogen) atoms. The average molecular weight is 186 g/mol. The van der Waals surface area contributed by atoms with Crippen molar-refractivity contribution < 1.29 is 4.74 Å². The monoisotopic (exact) mass is 186 g/mol. The Morgan fingerprint density at radius 2 is 2.33 bits per heavy atom. The molecule has 68 valence electrons. The van der Waals surface area contributed by atoms with E-state index in [1.165, 1.54) is 4.88 Å². The molecular weight excluding hydrogens is 172 g/mol. The van der Waals surface area contributed by atoms with Crippen LogP contribution in [0.1, 0.15) is 15.6 Å². The normalized spacial score (nSPS) is 10.6. The maximum Gasteiger partial charge on any atom is 0.0954 e. The van der Waals surface area contributed by atoms with Gasteiger partial charge in [0.1, 0.15) is 0 Å². The predicted octanol–water partition coefficient (Wildman–Crippen LogP) is 1.10. The Bertz CT molecular complexity index is 247. The summed E-state index contributed by atoms with van der Waals surface area (Å²) in [6.07, 6.45) is 0.891. The molecule has 1 aromatic heterocycles. The fraction of sp³-hybridized carbons (Fsp3) is 0.625. The highest BCUT2D eigenvalue weighted by molar-refractivity contribution is 7.11. The van der Waals surface area contributed by atoms with Crippen molar-refractivity contribution in [3.8, 4) is 0 Å². The van der Waals surface area contributed by atoms with Crippen LogP contribution in [0.15, 0.2) is 0 Å². The van der Waals surface area contributed by atoms with Crippen LogP contribution in [0, 0.1) is 6.92 Å². The molecule has 2 N–H and O–H groups in total. The van der Waals surface area contributed by atoms with Gasteiger partial charge in [-0.15, -0.1) is 11.3 Å². The molecule has 0 unspecified atom stereocenters. The summed E-state index contributed by atoms with van der Waals surface area (Å²) in [4.78, 5) is 5.56. The first-order valence-electron chi connectivity index (χ1n) is 3.92. The summed E-state index contributed by atoms with van der Waals surface area (Å²) in [6.45, 7) is 3.32. The minimum Gasteiger partial charge on any atom is -0.384 e. The van der Waals surface area contributed by atoms with Crippen LogP contribution in [0.25, 0.3) is 0 Å². The summed E-state index contributed by atoms with van der Waals surface area (Å²) < 4.78 is 4.96. The molecule has 0 aliphatic carbocycles. The van der Waals surface area contributed by atoms with E-state index in [2.05, 4.69) is 4.98 Å². The van der Waals surface area contributed by atoms with Crippen LogP contribution in [0.2, 0.25) is 0 Å². The van der Waals surface area contributed by atoms with Crippen molar-refractivity contribution >= 4 is 11.3 Å². The van der Waals surface area contributed by atoms with Gasteiger partial charge in [-0.05, 0) is 6.92 Å². The van der Waals surface area contributed by atoms with Crippen LogP contribution in [-0.2, 0) is 17.7 Å². The zero-order valence-electron chi connectivity index (χ0n) is 7.46. The van der Waals surface area contributed by atoms with Crippen LogP contribution in [0.3, 0.4) is 0 Å². The van der Waals surface area contributed by atoms with Crippen LogP contribution in [0.4, 0.5) is 0 Å². The lowest BCUT2D eigenvalue weighted by Crippen LogP contribution is -1.94. The van der Waals surface area contributed by atoms with Crippen molar-refractivity contribution in [3.63, 3.8) is 0 Å². The summed E-state index contributed by atoms with van der Waals surface area (Å²) >= 11 is 1.68. The van der Waals surface area contributed by atoms with Gasteiger partial charge in [-0.3, -0.25) is 0 Å². The van der Waals surface area contributed by atoms with Crippen molar-refractivity contribution in [1.82, 2.24) is 4.98 Å². The Morgan fingerprint density at radius 1 is 1.58 bits per heavy atom. The van der Waals surface area contributed by atoms with E-state index in [0.29, 0.717) is 6.54 Å². The number of rotatable bonds is 4. The van der Waals surface area contributed by atoms with Gasteiger partial charge < -0.3 is 10.5 Å². The first-order valence-corrected chi connectivity index (χ1v) is 4.73. The second-order valence-electron chi connectivity index (χ2n) is 2.56. The Kier molecular flexibility index (Phi) is 3.65. The molecule has 0 aromatic carbocycles. The topological polar surface area (TPSA) is 48.1 Å². The van der Waals surface area contributed by atoms with Crippen molar-refractivity contribution in [2.75, 3.05) is 13.7 Å². The molecule has 1 heterocycles. The van der Waals surface area contributed by atoms with Crippen molar-refractivity contribution in [1.29, 1.82) is 0 Å². The number of methoxy groups -OCH3 is 1. The van der Waals surface area contributed by atoms with E-state index in [-0.39, 0.29) is 0 Å². The summed E-state index contributed by atoms with van der Waals surface area (Å²) in [6, 6.07) is 0. The predicted molar refractivity (Wildman–Crippen MR) is 50.3 cm³/mol. The second kappa shape index (κ2) is 4.54. The average Bonchev–Trinajstić information content (AvgIpc) is 2.43. The van der Waals surface area contributed by atoms with E-state index in [0.717, 1.165) is 23.7 Å². The Morgan fingerprint density at radius 3 is 2.83 bits per heavy atom. The summed E-state index contributed by atoms with van der Waals surface area (Å²) in [7, 11) is 1.70. The summed E-state index contributed by atoms with van der Waals surface area (Å²) in [5.74, 6) is 0. The number of aromatic nitrogens is 1. The van der Waals surface area contributed by atoms with Gasteiger partial charge in [-0.1, -0.05) is 0 Å². The fourth-order valence-corrected chi connectivity index (χ4v) is 1.90. The maximum atomic E-state index is 5.53. The zero-order chi connectivity index (χ0) is 8.97. The van der Waals surface area contributed by atoms with E-state index in [4.69, 9.17) is 10.5 Å². The molecule has 0 fully saturated rings. The van der Waals surface area contributed by atoms with Gasteiger partial charge >= 0.3 is 0 Å². The highest BCUT2D eigenvalue weighted by Crippen LogP contribution is 2.17. The summed E-state index contributed by atoms with van der Waals surface area (Å²) in [5.41, 5.74) is 6.60. The SMILES string of the molecule is COCCc1nc(C)c(CN)s1. The molecule has 1 aromatic rings. The zero-order valence-corrected chi connectivity index (χ0v) is 8.28. The van der Waals surface area contributed by atoms with E-state index < -0.39 is 0 Å². The minimum absolute atomic E-state index is 0.594. The third-order valence-corrected chi connectivity index (χ3v) is 2.88. The number of hydrogen-bond donors (Lipinski definition) is 1. The van der Waals surface area contributed by atoms with E-state index in [9.17, 15) is 0 Å². The van der Waals surface area contributed by atoms with E-state index >= 15 is 0 Å². The van der Waals surface area contributed by atoms with Crippen LogP contribution >= 0.6 is 11.3 Å². The van der Waals surface area contributed by atoms with Crippen LogP contribution in [0.5, 0.6) is 0 Å². The van der Waals surface area contributed by atoms with Gasteiger partial charge in [0.15, 0.2) is 0 Å². The van der Waals surface area contributed by atoms with Gasteiger partial charge in [-0.25, -0.2) is 4.98 Å². The lowest BCUT2D eigenvalue weighted by Gasteiger charge is -1.92. The molecule has 1 rings (SSSR count). The Balaban J connectivity index is 2.62. The highest BCUT2D eigenvalue weighted by atomic mass is 32.1. The lowest BCUT2D eigenvalue weighted by molar-refractivity contribution is 0.202. The molecule has 4 heteroatoms. The van der Waals surface area contributed by atoms with Crippen molar-refractivity contribution in [2.45, 2.75) is 19.9 Å². The van der Waals surface area contributed by atoms with E-state index in [1.807, 2.05) is 6.92 Å². The van der Waals surface area contributed by atoms with Gasteiger partial charge in [0.25, 0.3) is 0 Å². The molecule has 0 saturated carbocycles. The minimum atomic E-state index is 0.594. The number of nitrogens with zero attached hydrogens (tertiary/aromatic N) is 1. The number of hydrogen-bond acceptors (Lipinski definition) is 4. The van der Waals surface area contributed by atoms with Gasteiger partial charge in [0.05, 0.1) is 17.3 Å². The standard InChI is InChI=1S/C8H14N2OS/c1-6-7(5-9)12-8(10-6)3-4-11-2/h3-5,9H2,1-2H3. The Labute approximate surface area is 76.6 Å². The number of thiazole rings is 1. The van der Waals surface area contributed by atoms with Crippen molar-refractivity contribution in [2.24, 2.45) is 5.73 Å². The molecule has 0 saturated heterocycles. The van der Waals surface area contributed by atoms with Crippen LogP contribution in [-0.4, -0.2) is 18.7 Å². The van der Waals surface area contributed by atoms with Crippen molar-refractivity contribution in [3.05, 3.63) is 15.6 Å². The smallest absolute Gasteiger partial charge is 0.0954 e. The molecule has 0 bridgehead atoms. The summed E-state index contributed by atoms with van der Waals surface area (Å²) in [5, 5.41) is 1.12. The number of ether oxygens (including phenoxy) is 1.